The first kappa shape index (κ1) is 21.5. The second-order valence-corrected chi connectivity index (χ2v) is 9.36. The summed E-state index contributed by atoms with van der Waals surface area (Å²) in [5.41, 5.74) is 5.00. The maximum Gasteiger partial charge on any atom is 0.436 e. The molecule has 34 heavy (non-hydrogen) atoms. The van der Waals surface area contributed by atoms with Crippen LogP contribution in [0.4, 0.5) is 17.5 Å². The molecule has 1 aliphatic carbocycles. The number of nitrogens with one attached hydrogen (secondary N) is 2. The summed E-state index contributed by atoms with van der Waals surface area (Å²) in [5, 5.41) is 9.46. The second kappa shape index (κ2) is 8.57. The van der Waals surface area contributed by atoms with Crippen molar-refractivity contribution in [2.24, 2.45) is 0 Å². The number of benzene rings is 1. The molecule has 4 aromatic rings. The van der Waals surface area contributed by atoms with Gasteiger partial charge in [-0.25, -0.2) is 10.1 Å². The normalized spacial score (nSPS) is 12.7. The van der Waals surface area contributed by atoms with Crippen molar-refractivity contribution in [1.82, 2.24) is 20.2 Å². The highest BCUT2D eigenvalue weighted by Crippen LogP contribution is 2.39. The van der Waals surface area contributed by atoms with E-state index in [2.05, 4.69) is 36.4 Å². The van der Waals surface area contributed by atoms with Crippen LogP contribution in [0.1, 0.15) is 17.5 Å². The third kappa shape index (κ3) is 3.74. The van der Waals surface area contributed by atoms with Gasteiger partial charge < -0.3 is 10.1 Å². The van der Waals surface area contributed by atoms with Crippen LogP contribution in [0, 0.1) is 6.57 Å². The Morgan fingerprint density at radius 1 is 1.21 bits per heavy atom. The summed E-state index contributed by atoms with van der Waals surface area (Å²) in [6.45, 7) is 7.25. The average Bonchev–Trinajstić information content (AvgIpc) is 3.54. The summed E-state index contributed by atoms with van der Waals surface area (Å²) >= 11 is 0. The first-order valence-electron chi connectivity index (χ1n) is 10.5. The number of aromatic amines is 1. The number of methoxy groups -OCH3 is 1. The van der Waals surface area contributed by atoms with Crippen LogP contribution in [0.3, 0.4) is 0 Å². The fourth-order valence-electron chi connectivity index (χ4n) is 4.07. The molecule has 0 aliphatic heterocycles. The van der Waals surface area contributed by atoms with E-state index in [9.17, 15) is 8.42 Å². The van der Waals surface area contributed by atoms with E-state index in [0.29, 0.717) is 5.88 Å². The van der Waals surface area contributed by atoms with Crippen molar-refractivity contribution in [1.29, 1.82) is 0 Å². The number of H-pyrrole nitrogens is 1. The van der Waals surface area contributed by atoms with Gasteiger partial charge in [0.1, 0.15) is 6.57 Å². The van der Waals surface area contributed by atoms with Gasteiger partial charge in [0.15, 0.2) is 6.20 Å². The van der Waals surface area contributed by atoms with E-state index >= 15 is 0 Å². The van der Waals surface area contributed by atoms with Crippen molar-refractivity contribution >= 4 is 27.5 Å². The molecule has 2 N–H and O–H groups in total. The number of ether oxygens (including phenoxy) is 1. The van der Waals surface area contributed by atoms with Gasteiger partial charge in [-0.1, -0.05) is 22.2 Å². The van der Waals surface area contributed by atoms with Crippen LogP contribution in [0.25, 0.3) is 16.0 Å². The molecule has 1 aliphatic rings. The van der Waals surface area contributed by atoms with Gasteiger partial charge in [0.05, 0.1) is 12.8 Å². The standard InChI is InChI=1S/C23H20N7O3S/c1-24-19-8-3-4-13-30(19)34(31,32)23-27-22(28-29-23)26-21-17-7-5-6-15(17)9-10-18(21)16-11-12-25-20(14-16)33-2/h3-4,8-14H,5-7H2,2H3,(H2,26,27,28,29)/q+1. The Kier molecular flexibility index (Phi) is 5.43. The molecular formula is C23H20N7O3S+. The van der Waals surface area contributed by atoms with E-state index in [1.54, 1.807) is 19.4 Å². The van der Waals surface area contributed by atoms with Crippen LogP contribution in [-0.4, -0.2) is 35.7 Å². The number of nitrogens with zero attached hydrogens (tertiary/aromatic N) is 5. The molecule has 0 fully saturated rings. The highest BCUT2D eigenvalue weighted by atomic mass is 32.2. The molecule has 5 rings (SSSR count). The summed E-state index contributed by atoms with van der Waals surface area (Å²) < 4.78 is 32.3. The Balaban J connectivity index is 1.55. The molecule has 3 aromatic heterocycles. The first-order chi connectivity index (χ1) is 16.5. The molecule has 0 bridgehead atoms. The maximum atomic E-state index is 13.1. The second-order valence-electron chi connectivity index (χ2n) is 7.63. The molecule has 10 nitrogen and oxygen atoms in total. The molecule has 0 spiro atoms. The molecule has 0 saturated carbocycles. The molecule has 0 atom stereocenters. The molecule has 0 amide bonds. The number of aromatic nitrogens is 5. The number of hydrogen-bond acceptors (Lipinski definition) is 7. The van der Waals surface area contributed by atoms with Gasteiger partial charge >= 0.3 is 21.0 Å². The average molecular weight is 475 g/mol. The molecule has 1 aromatic carbocycles. The predicted octanol–water partition coefficient (Wildman–Crippen LogP) is 3.18. The molecule has 0 unspecified atom stereocenters. The summed E-state index contributed by atoms with van der Waals surface area (Å²) in [7, 11) is -2.56. The number of fused-ring (bicyclic) bond motifs is 1. The van der Waals surface area contributed by atoms with Crippen LogP contribution in [-0.2, 0) is 22.9 Å². The fourth-order valence-corrected chi connectivity index (χ4v) is 5.20. The van der Waals surface area contributed by atoms with Crippen LogP contribution >= 0.6 is 0 Å². The Hall–Kier alpha value is -4.30. The monoisotopic (exact) mass is 474 g/mol. The molecule has 11 heteroatoms. The Morgan fingerprint density at radius 2 is 2.09 bits per heavy atom. The number of hydrogen-bond donors (Lipinski definition) is 2. The maximum absolute atomic E-state index is 13.1. The van der Waals surface area contributed by atoms with E-state index in [1.807, 2.05) is 18.2 Å². The minimum atomic E-state index is -4.13. The van der Waals surface area contributed by atoms with E-state index in [4.69, 9.17) is 11.3 Å². The minimum absolute atomic E-state index is 0.0526. The van der Waals surface area contributed by atoms with Gasteiger partial charge in [-0.3, -0.25) is 0 Å². The molecule has 0 radical (unpaired) electrons. The van der Waals surface area contributed by atoms with Crippen LogP contribution < -0.4 is 14.0 Å². The van der Waals surface area contributed by atoms with E-state index in [-0.39, 0.29) is 16.9 Å². The Bertz CT molecular complexity index is 1540. The fraction of sp³-hybridized carbons (Fsp3) is 0.174. The summed E-state index contributed by atoms with van der Waals surface area (Å²) in [5.74, 6) is 0.552. The number of rotatable bonds is 6. The number of aryl methyl sites for hydroxylation is 1. The van der Waals surface area contributed by atoms with Crippen molar-refractivity contribution in [2.45, 2.75) is 24.4 Å². The lowest BCUT2D eigenvalue weighted by molar-refractivity contribution is -0.494. The summed E-state index contributed by atoms with van der Waals surface area (Å²) in [6.07, 6.45) is 5.87. The Morgan fingerprint density at radius 3 is 2.91 bits per heavy atom. The summed E-state index contributed by atoms with van der Waals surface area (Å²) in [4.78, 5) is 11.7. The lowest BCUT2D eigenvalue weighted by Crippen LogP contribution is -2.42. The molecule has 0 saturated heterocycles. The zero-order chi connectivity index (χ0) is 23.7. The zero-order valence-corrected chi connectivity index (χ0v) is 19.0. The van der Waals surface area contributed by atoms with E-state index < -0.39 is 10.0 Å². The third-order valence-corrected chi connectivity index (χ3v) is 7.16. The summed E-state index contributed by atoms with van der Waals surface area (Å²) in [6, 6.07) is 12.4. The highest BCUT2D eigenvalue weighted by molar-refractivity contribution is 7.84. The molecule has 3 heterocycles. The van der Waals surface area contributed by atoms with Crippen molar-refractivity contribution in [3.05, 3.63) is 77.4 Å². The quantitative estimate of drug-likeness (QED) is 0.325. The zero-order valence-electron chi connectivity index (χ0n) is 18.2. The predicted molar refractivity (Wildman–Crippen MR) is 123 cm³/mol. The largest absolute Gasteiger partial charge is 0.481 e. The van der Waals surface area contributed by atoms with Crippen LogP contribution in [0.15, 0.2) is 60.0 Å². The minimum Gasteiger partial charge on any atom is -0.481 e. The SMILES string of the molecule is [C-]#[N+]c1cccc[n+]1S(=O)(=O)c1nc(Nc2c(-c3ccnc(OC)c3)ccc3c2CCC3)n[nH]1. The first-order valence-corrected chi connectivity index (χ1v) is 11.9. The van der Waals surface area contributed by atoms with Crippen molar-refractivity contribution < 1.29 is 17.1 Å². The third-order valence-electron chi connectivity index (χ3n) is 5.66. The van der Waals surface area contributed by atoms with Crippen molar-refractivity contribution in [2.75, 3.05) is 12.4 Å². The van der Waals surface area contributed by atoms with Gasteiger partial charge in [-0.2, -0.15) is 18.2 Å². The van der Waals surface area contributed by atoms with Crippen LogP contribution in [0.5, 0.6) is 5.88 Å². The van der Waals surface area contributed by atoms with E-state index in [0.717, 1.165) is 45.6 Å². The number of pyridine rings is 2. The highest BCUT2D eigenvalue weighted by Gasteiger charge is 2.33. The molecule has 170 valence electrons. The van der Waals surface area contributed by atoms with Gasteiger partial charge in [-0.15, -0.1) is 5.10 Å². The van der Waals surface area contributed by atoms with Gasteiger partial charge in [0, 0.05) is 30.0 Å². The lowest BCUT2D eigenvalue weighted by atomic mass is 9.98. The smallest absolute Gasteiger partial charge is 0.436 e. The van der Waals surface area contributed by atoms with Crippen molar-refractivity contribution in [3.8, 4) is 17.0 Å². The van der Waals surface area contributed by atoms with E-state index in [1.165, 1.54) is 23.9 Å². The van der Waals surface area contributed by atoms with Crippen LogP contribution in [0.2, 0.25) is 0 Å². The topological polar surface area (TPSA) is 118 Å². The molecular weight excluding hydrogens is 454 g/mol. The van der Waals surface area contributed by atoms with Gasteiger partial charge in [0.2, 0.25) is 11.8 Å². The number of anilines is 2. The van der Waals surface area contributed by atoms with Gasteiger partial charge in [-0.05, 0) is 42.0 Å². The lowest BCUT2D eigenvalue weighted by Gasteiger charge is -2.15. The Labute approximate surface area is 196 Å². The van der Waals surface area contributed by atoms with Gasteiger partial charge in [0.25, 0.3) is 0 Å². The van der Waals surface area contributed by atoms with Crippen molar-refractivity contribution in [3.63, 3.8) is 0 Å².